The third-order valence-electron chi connectivity index (χ3n) is 3.77. The Morgan fingerprint density at radius 2 is 1.89 bits per heavy atom. The number of benzene rings is 1. The molecule has 2 nitrogen and oxygen atoms in total. The number of rotatable bonds is 9. The highest BCUT2D eigenvalue weighted by Crippen LogP contribution is 2.33. The second-order valence-corrected chi connectivity index (χ2v) is 5.76. The van der Waals surface area contributed by atoms with Crippen LogP contribution in [-0.4, -0.2) is 26.8 Å². The Kier molecular flexibility index (Phi) is 8.35. The van der Waals surface area contributed by atoms with Crippen molar-refractivity contribution in [2.24, 2.45) is 5.92 Å². The van der Waals surface area contributed by atoms with E-state index in [2.05, 4.69) is 59.4 Å². The number of ether oxygens (including phenoxy) is 1. The average Bonchev–Trinajstić information content (AvgIpc) is 2.43. The van der Waals surface area contributed by atoms with Gasteiger partial charge in [0, 0.05) is 30.6 Å². The third-order valence-corrected chi connectivity index (χ3v) is 4.49. The number of hydrogen-bond acceptors (Lipinski definition) is 2. The van der Waals surface area contributed by atoms with Gasteiger partial charge in [0.05, 0.1) is 6.61 Å². The van der Waals surface area contributed by atoms with E-state index in [1.807, 2.05) is 0 Å². The maximum Gasteiger partial charge on any atom is 0.0587 e. The zero-order chi connectivity index (χ0) is 14.1. The first kappa shape index (κ1) is 16.7. The molecule has 0 aliphatic heterocycles. The van der Waals surface area contributed by atoms with Crippen LogP contribution < -0.4 is 5.32 Å². The summed E-state index contributed by atoms with van der Waals surface area (Å²) in [7, 11) is 1.74. The lowest BCUT2D eigenvalue weighted by Gasteiger charge is -2.27. The third kappa shape index (κ3) is 5.25. The predicted octanol–water partition coefficient (Wildman–Crippen LogP) is 4.20. The van der Waals surface area contributed by atoms with Crippen LogP contribution in [0.5, 0.6) is 0 Å². The fraction of sp³-hybridized carbons (Fsp3) is 0.625. The molecule has 1 aromatic rings. The van der Waals surface area contributed by atoms with E-state index in [1.165, 1.54) is 22.9 Å². The number of nitrogens with one attached hydrogen (secondary N) is 1. The smallest absolute Gasteiger partial charge is 0.0587 e. The van der Waals surface area contributed by atoms with Crippen LogP contribution in [0.15, 0.2) is 28.7 Å². The molecule has 0 fully saturated rings. The van der Waals surface area contributed by atoms with Crippen LogP contribution in [0.1, 0.15) is 38.2 Å². The molecule has 0 saturated carbocycles. The van der Waals surface area contributed by atoms with Gasteiger partial charge in [-0.2, -0.15) is 0 Å². The Balaban J connectivity index is 2.77. The largest absolute Gasteiger partial charge is 0.383 e. The maximum absolute atomic E-state index is 5.09. The van der Waals surface area contributed by atoms with Gasteiger partial charge >= 0.3 is 0 Å². The van der Waals surface area contributed by atoms with Crippen molar-refractivity contribution >= 4 is 15.9 Å². The van der Waals surface area contributed by atoms with Crippen molar-refractivity contribution < 1.29 is 4.74 Å². The summed E-state index contributed by atoms with van der Waals surface area (Å²) in [5, 5.41) is 3.52. The molecule has 1 unspecified atom stereocenters. The van der Waals surface area contributed by atoms with Crippen molar-refractivity contribution in [1.29, 1.82) is 0 Å². The van der Waals surface area contributed by atoms with Gasteiger partial charge < -0.3 is 10.1 Å². The van der Waals surface area contributed by atoms with E-state index in [0.29, 0.717) is 11.8 Å². The SMILES string of the molecule is CCC(CC)C(CNCCOC)c1ccccc1Br. The van der Waals surface area contributed by atoms with Gasteiger partial charge in [-0.05, 0) is 17.5 Å². The lowest BCUT2D eigenvalue weighted by molar-refractivity contribution is 0.197. The van der Waals surface area contributed by atoms with E-state index in [-0.39, 0.29) is 0 Å². The molecular formula is C16H26BrNO. The van der Waals surface area contributed by atoms with Gasteiger partial charge in [-0.25, -0.2) is 0 Å². The first-order valence-electron chi connectivity index (χ1n) is 7.18. The molecule has 0 aliphatic carbocycles. The van der Waals surface area contributed by atoms with Gasteiger partial charge in [0.25, 0.3) is 0 Å². The van der Waals surface area contributed by atoms with Gasteiger partial charge in [-0.1, -0.05) is 60.8 Å². The topological polar surface area (TPSA) is 21.3 Å². The Bertz CT molecular complexity index is 352. The van der Waals surface area contributed by atoms with E-state index in [9.17, 15) is 0 Å². The molecular weight excluding hydrogens is 302 g/mol. The zero-order valence-electron chi connectivity index (χ0n) is 12.3. The highest BCUT2D eigenvalue weighted by atomic mass is 79.9. The van der Waals surface area contributed by atoms with Crippen molar-refractivity contribution in [3.8, 4) is 0 Å². The molecule has 1 N–H and O–H groups in total. The number of methoxy groups -OCH3 is 1. The van der Waals surface area contributed by atoms with Crippen molar-refractivity contribution in [2.75, 3.05) is 26.8 Å². The maximum atomic E-state index is 5.09. The molecule has 3 heteroatoms. The fourth-order valence-corrected chi connectivity index (χ4v) is 3.17. The average molecular weight is 328 g/mol. The summed E-state index contributed by atoms with van der Waals surface area (Å²) < 4.78 is 6.32. The lowest BCUT2D eigenvalue weighted by Crippen LogP contribution is -2.29. The van der Waals surface area contributed by atoms with E-state index in [1.54, 1.807) is 7.11 Å². The van der Waals surface area contributed by atoms with E-state index in [4.69, 9.17) is 4.74 Å². The summed E-state index contributed by atoms with van der Waals surface area (Å²) in [4.78, 5) is 0. The van der Waals surface area contributed by atoms with Crippen LogP contribution in [0.3, 0.4) is 0 Å². The van der Waals surface area contributed by atoms with Crippen LogP contribution in [0, 0.1) is 5.92 Å². The van der Waals surface area contributed by atoms with Crippen molar-refractivity contribution in [3.63, 3.8) is 0 Å². The van der Waals surface area contributed by atoms with E-state index in [0.717, 1.165) is 19.7 Å². The molecule has 0 spiro atoms. The summed E-state index contributed by atoms with van der Waals surface area (Å²) in [6.07, 6.45) is 2.43. The fourth-order valence-electron chi connectivity index (χ4n) is 2.60. The first-order chi connectivity index (χ1) is 9.24. The second-order valence-electron chi connectivity index (χ2n) is 4.90. The quantitative estimate of drug-likeness (QED) is 0.686. The molecule has 0 bridgehead atoms. The molecule has 1 aromatic carbocycles. The number of halogens is 1. The van der Waals surface area contributed by atoms with Gasteiger partial charge in [-0.15, -0.1) is 0 Å². The van der Waals surface area contributed by atoms with E-state index >= 15 is 0 Å². The first-order valence-corrected chi connectivity index (χ1v) is 7.97. The number of hydrogen-bond donors (Lipinski definition) is 1. The second kappa shape index (κ2) is 9.51. The zero-order valence-corrected chi connectivity index (χ0v) is 13.9. The Morgan fingerprint density at radius 3 is 2.47 bits per heavy atom. The van der Waals surface area contributed by atoms with Crippen LogP contribution in [0.2, 0.25) is 0 Å². The van der Waals surface area contributed by atoms with E-state index < -0.39 is 0 Å². The van der Waals surface area contributed by atoms with Gasteiger partial charge in [0.1, 0.15) is 0 Å². The summed E-state index contributed by atoms with van der Waals surface area (Å²) in [6.45, 7) is 7.27. The molecule has 1 rings (SSSR count). The molecule has 1 atom stereocenters. The van der Waals surface area contributed by atoms with Crippen LogP contribution in [-0.2, 0) is 4.74 Å². The van der Waals surface area contributed by atoms with Crippen molar-refractivity contribution in [3.05, 3.63) is 34.3 Å². The van der Waals surface area contributed by atoms with Crippen LogP contribution >= 0.6 is 15.9 Å². The molecule has 108 valence electrons. The minimum atomic E-state index is 0.558. The summed E-state index contributed by atoms with van der Waals surface area (Å²) in [6, 6.07) is 8.59. The minimum Gasteiger partial charge on any atom is -0.383 e. The Hall–Kier alpha value is -0.380. The summed E-state index contributed by atoms with van der Waals surface area (Å²) >= 11 is 3.69. The van der Waals surface area contributed by atoms with Gasteiger partial charge in [0.15, 0.2) is 0 Å². The molecule has 0 aromatic heterocycles. The molecule has 19 heavy (non-hydrogen) atoms. The Morgan fingerprint density at radius 1 is 1.21 bits per heavy atom. The molecule has 0 heterocycles. The highest BCUT2D eigenvalue weighted by molar-refractivity contribution is 9.10. The van der Waals surface area contributed by atoms with Gasteiger partial charge in [-0.3, -0.25) is 0 Å². The van der Waals surface area contributed by atoms with Crippen LogP contribution in [0.25, 0.3) is 0 Å². The van der Waals surface area contributed by atoms with Crippen LogP contribution in [0.4, 0.5) is 0 Å². The lowest BCUT2D eigenvalue weighted by atomic mass is 9.82. The normalized spacial score (nSPS) is 12.9. The van der Waals surface area contributed by atoms with Crippen molar-refractivity contribution in [2.45, 2.75) is 32.6 Å². The van der Waals surface area contributed by atoms with Gasteiger partial charge in [0.2, 0.25) is 0 Å². The highest BCUT2D eigenvalue weighted by Gasteiger charge is 2.21. The summed E-state index contributed by atoms with van der Waals surface area (Å²) in [5.41, 5.74) is 1.42. The monoisotopic (exact) mass is 327 g/mol. The standard InChI is InChI=1S/C16H26BrNO/c1-4-13(5-2)15(12-18-10-11-19-3)14-8-6-7-9-16(14)17/h6-9,13,15,18H,4-5,10-12H2,1-3H3. The molecule has 0 saturated heterocycles. The van der Waals surface area contributed by atoms with Crippen molar-refractivity contribution in [1.82, 2.24) is 5.32 Å². The Labute approximate surface area is 126 Å². The predicted molar refractivity (Wildman–Crippen MR) is 85.7 cm³/mol. The summed E-state index contributed by atoms with van der Waals surface area (Å²) in [5.74, 6) is 1.27. The molecule has 0 aliphatic rings. The molecule has 0 amide bonds. The molecule has 0 radical (unpaired) electrons. The minimum absolute atomic E-state index is 0.558.